The number of anilines is 1. The second-order valence-corrected chi connectivity index (χ2v) is 10.4. The Labute approximate surface area is 188 Å². The predicted molar refractivity (Wildman–Crippen MR) is 121 cm³/mol. The number of ether oxygens (including phenoxy) is 1. The van der Waals surface area contributed by atoms with Crippen LogP contribution < -0.4 is 10.1 Å². The van der Waals surface area contributed by atoms with Gasteiger partial charge in [-0.3, -0.25) is 4.79 Å². The summed E-state index contributed by atoms with van der Waals surface area (Å²) in [6, 6.07) is 10.7. The highest BCUT2D eigenvalue weighted by atomic mass is 32.2. The largest absolute Gasteiger partial charge is 0.492 e. The smallest absolute Gasteiger partial charge is 0.243 e. The zero-order chi connectivity index (χ0) is 22.8. The van der Waals surface area contributed by atoms with E-state index in [-0.39, 0.29) is 16.6 Å². The van der Waals surface area contributed by atoms with Crippen molar-refractivity contribution in [1.82, 2.24) is 4.31 Å². The van der Waals surface area contributed by atoms with Crippen LogP contribution in [0.2, 0.25) is 0 Å². The molecule has 1 heterocycles. The van der Waals surface area contributed by atoms with E-state index in [1.807, 2.05) is 6.92 Å². The van der Waals surface area contributed by atoms with Crippen molar-refractivity contribution in [1.29, 1.82) is 0 Å². The second kappa shape index (κ2) is 9.19. The lowest BCUT2D eigenvalue weighted by Crippen LogP contribution is -2.46. The van der Waals surface area contributed by atoms with Gasteiger partial charge < -0.3 is 10.1 Å². The van der Waals surface area contributed by atoms with Crippen LogP contribution in [0.5, 0.6) is 5.75 Å². The molecule has 0 unspecified atom stereocenters. The van der Waals surface area contributed by atoms with Crippen LogP contribution in [0.25, 0.3) is 0 Å². The number of piperidine rings is 1. The lowest BCUT2D eigenvalue weighted by molar-refractivity contribution is -0.124. The topological polar surface area (TPSA) is 75.7 Å². The quantitative estimate of drug-likeness (QED) is 0.662. The van der Waals surface area contributed by atoms with E-state index in [1.54, 1.807) is 18.2 Å². The van der Waals surface area contributed by atoms with Gasteiger partial charge in [-0.25, -0.2) is 12.8 Å². The molecule has 0 aromatic heterocycles. The third kappa shape index (κ3) is 4.26. The fourth-order valence-corrected chi connectivity index (χ4v) is 6.05. The number of rotatable bonds is 7. The summed E-state index contributed by atoms with van der Waals surface area (Å²) in [6.07, 6.45) is 4.80. The third-order valence-corrected chi connectivity index (χ3v) is 8.37. The maximum Gasteiger partial charge on any atom is 0.243 e. The van der Waals surface area contributed by atoms with E-state index in [0.29, 0.717) is 49.5 Å². The van der Waals surface area contributed by atoms with Crippen LogP contribution in [0.15, 0.2) is 47.4 Å². The van der Waals surface area contributed by atoms with Gasteiger partial charge in [0.05, 0.1) is 22.6 Å². The summed E-state index contributed by atoms with van der Waals surface area (Å²) in [5.41, 5.74) is 0.127. The molecule has 2 fully saturated rings. The van der Waals surface area contributed by atoms with Crippen LogP contribution in [0, 0.1) is 5.82 Å². The molecule has 1 saturated heterocycles. The molecule has 2 aliphatic rings. The van der Waals surface area contributed by atoms with Gasteiger partial charge in [-0.15, -0.1) is 0 Å². The van der Waals surface area contributed by atoms with Crippen LogP contribution in [0.4, 0.5) is 10.1 Å². The van der Waals surface area contributed by atoms with E-state index in [4.69, 9.17) is 4.74 Å². The molecule has 8 heteroatoms. The number of amides is 1. The molecule has 2 aromatic carbocycles. The number of carbonyl (C=O) groups is 1. The van der Waals surface area contributed by atoms with Gasteiger partial charge >= 0.3 is 0 Å². The Morgan fingerprint density at radius 3 is 2.47 bits per heavy atom. The van der Waals surface area contributed by atoms with Crippen LogP contribution in [0.3, 0.4) is 0 Å². The molecular formula is C24H29FN2O4S. The zero-order valence-corrected chi connectivity index (χ0v) is 19.1. The van der Waals surface area contributed by atoms with E-state index in [9.17, 15) is 17.6 Å². The van der Waals surface area contributed by atoms with Crippen molar-refractivity contribution in [3.63, 3.8) is 0 Å². The number of nitrogens with one attached hydrogen (secondary N) is 1. The number of sulfonamides is 1. The first-order chi connectivity index (χ1) is 15.4. The van der Waals surface area contributed by atoms with E-state index in [2.05, 4.69) is 5.32 Å². The van der Waals surface area contributed by atoms with Crippen molar-refractivity contribution >= 4 is 21.6 Å². The number of hydrogen-bond acceptors (Lipinski definition) is 4. The van der Waals surface area contributed by atoms with Crippen molar-refractivity contribution in [2.24, 2.45) is 0 Å². The Balaban J connectivity index is 1.66. The summed E-state index contributed by atoms with van der Waals surface area (Å²) < 4.78 is 47.3. The molecule has 32 heavy (non-hydrogen) atoms. The molecule has 1 aliphatic carbocycles. The minimum Gasteiger partial charge on any atom is -0.492 e. The zero-order valence-electron chi connectivity index (χ0n) is 18.3. The molecule has 2 aromatic rings. The Bertz CT molecular complexity index is 1090. The number of hydrogen-bond donors (Lipinski definition) is 1. The average Bonchev–Trinajstić information content (AvgIpc) is 2.75. The highest BCUT2D eigenvalue weighted by molar-refractivity contribution is 7.89. The molecule has 1 aliphatic heterocycles. The van der Waals surface area contributed by atoms with Gasteiger partial charge in [0.15, 0.2) is 0 Å². The van der Waals surface area contributed by atoms with Gasteiger partial charge in [0.1, 0.15) is 11.6 Å². The summed E-state index contributed by atoms with van der Waals surface area (Å²) in [4.78, 5) is 13.5. The fraction of sp³-hybridized carbons (Fsp3) is 0.458. The molecule has 0 bridgehead atoms. The Kier molecular flexibility index (Phi) is 6.53. The SMILES string of the molecule is CCOc1ccc(S(=O)(=O)N2CCCCC2)cc1NC(=O)C1(c2cccc(F)c2)CCC1. The molecule has 1 amide bonds. The van der Waals surface area contributed by atoms with Gasteiger partial charge in [0.25, 0.3) is 0 Å². The van der Waals surface area contributed by atoms with Gasteiger partial charge in [-0.05, 0) is 68.5 Å². The van der Waals surface area contributed by atoms with Crippen LogP contribution in [-0.2, 0) is 20.2 Å². The standard InChI is InChI=1S/C24H29FN2O4S/c1-2-31-22-11-10-20(32(29,30)27-14-4-3-5-15-27)17-21(22)26-23(28)24(12-7-13-24)18-8-6-9-19(25)16-18/h6,8-11,16-17H,2-5,7,12-15H2,1H3,(H,26,28). The monoisotopic (exact) mass is 460 g/mol. The summed E-state index contributed by atoms with van der Waals surface area (Å²) in [6.45, 7) is 3.19. The molecule has 1 saturated carbocycles. The first-order valence-electron chi connectivity index (χ1n) is 11.2. The van der Waals surface area contributed by atoms with E-state index in [0.717, 1.165) is 25.7 Å². The van der Waals surface area contributed by atoms with Crippen molar-refractivity contribution in [3.05, 3.63) is 53.8 Å². The van der Waals surface area contributed by atoms with E-state index < -0.39 is 15.4 Å². The number of nitrogens with zero attached hydrogens (tertiary/aromatic N) is 1. The molecule has 4 rings (SSSR count). The number of halogens is 1. The lowest BCUT2D eigenvalue weighted by Gasteiger charge is -2.40. The Hall–Kier alpha value is -2.45. The predicted octanol–water partition coefficient (Wildman–Crippen LogP) is 4.46. The molecule has 0 atom stereocenters. The van der Waals surface area contributed by atoms with Crippen molar-refractivity contribution < 1.29 is 22.3 Å². The molecule has 6 nitrogen and oxygen atoms in total. The summed E-state index contributed by atoms with van der Waals surface area (Å²) in [5.74, 6) is -0.249. The van der Waals surface area contributed by atoms with E-state index in [1.165, 1.54) is 28.6 Å². The van der Waals surface area contributed by atoms with Crippen LogP contribution in [-0.4, -0.2) is 38.3 Å². The first kappa shape index (κ1) is 22.7. The van der Waals surface area contributed by atoms with Crippen molar-refractivity contribution in [2.45, 2.75) is 55.8 Å². The molecule has 172 valence electrons. The Morgan fingerprint density at radius 2 is 1.84 bits per heavy atom. The molecule has 1 N–H and O–H groups in total. The minimum absolute atomic E-state index is 0.131. The lowest BCUT2D eigenvalue weighted by atomic mass is 9.63. The third-order valence-electron chi connectivity index (χ3n) is 6.47. The van der Waals surface area contributed by atoms with E-state index >= 15 is 0 Å². The molecule has 0 spiro atoms. The maximum atomic E-state index is 13.9. The summed E-state index contributed by atoms with van der Waals surface area (Å²) in [5, 5.41) is 2.90. The number of carbonyl (C=O) groups excluding carboxylic acids is 1. The van der Waals surface area contributed by atoms with Gasteiger partial charge in [-0.1, -0.05) is 25.0 Å². The van der Waals surface area contributed by atoms with Crippen molar-refractivity contribution in [2.75, 3.05) is 25.0 Å². The Morgan fingerprint density at radius 1 is 1.09 bits per heavy atom. The highest BCUT2D eigenvalue weighted by Gasteiger charge is 2.46. The molecule has 0 radical (unpaired) electrons. The first-order valence-corrected chi connectivity index (χ1v) is 12.7. The van der Waals surface area contributed by atoms with Gasteiger partial charge in [0.2, 0.25) is 15.9 Å². The number of benzene rings is 2. The highest BCUT2D eigenvalue weighted by Crippen LogP contribution is 2.45. The fourth-order valence-electron chi connectivity index (χ4n) is 4.51. The van der Waals surface area contributed by atoms with Gasteiger partial charge in [0, 0.05) is 13.1 Å². The summed E-state index contributed by atoms with van der Waals surface area (Å²) >= 11 is 0. The average molecular weight is 461 g/mol. The van der Waals surface area contributed by atoms with Gasteiger partial charge in [-0.2, -0.15) is 4.31 Å². The normalized spacial score (nSPS) is 18.6. The molecular weight excluding hydrogens is 431 g/mol. The summed E-state index contributed by atoms with van der Waals surface area (Å²) in [7, 11) is -3.66. The second-order valence-electron chi connectivity index (χ2n) is 8.46. The van der Waals surface area contributed by atoms with Crippen LogP contribution in [0.1, 0.15) is 51.0 Å². The maximum absolute atomic E-state index is 13.9. The van der Waals surface area contributed by atoms with Crippen molar-refractivity contribution in [3.8, 4) is 5.75 Å². The minimum atomic E-state index is -3.66. The van der Waals surface area contributed by atoms with Crippen LogP contribution >= 0.6 is 0 Å².